The van der Waals surface area contributed by atoms with Gasteiger partial charge in [-0.05, 0) is 37.1 Å². The van der Waals surface area contributed by atoms with Crippen molar-refractivity contribution in [3.05, 3.63) is 65.4 Å². The third-order valence-corrected chi connectivity index (χ3v) is 4.34. The molecule has 0 saturated carbocycles. The van der Waals surface area contributed by atoms with Gasteiger partial charge in [-0.2, -0.15) is 0 Å². The van der Waals surface area contributed by atoms with Crippen molar-refractivity contribution in [1.29, 1.82) is 0 Å². The Hall–Kier alpha value is -2.55. The van der Waals surface area contributed by atoms with Crippen LogP contribution in [0.1, 0.15) is 34.8 Å². The molecule has 0 spiro atoms. The Morgan fingerprint density at radius 3 is 2.71 bits per heavy atom. The molecule has 2 aromatic carbocycles. The zero-order valence-electron chi connectivity index (χ0n) is 14.5. The quantitative estimate of drug-likeness (QED) is 0.603. The highest BCUT2D eigenvalue weighted by Gasteiger charge is 2.13. The lowest BCUT2D eigenvalue weighted by atomic mass is 10.1. The number of aromatic nitrogens is 1. The third-order valence-electron chi connectivity index (χ3n) is 4.34. The van der Waals surface area contributed by atoms with E-state index in [-0.39, 0.29) is 5.78 Å². The second-order valence-corrected chi connectivity index (χ2v) is 6.15. The van der Waals surface area contributed by atoms with Crippen molar-refractivity contribution in [2.24, 2.45) is 0 Å². The molecular weight excluding hydrogens is 298 g/mol. The summed E-state index contributed by atoms with van der Waals surface area (Å²) in [4.78, 5) is 12.2. The van der Waals surface area contributed by atoms with Gasteiger partial charge in [0.2, 0.25) is 0 Å². The second-order valence-electron chi connectivity index (χ2n) is 6.15. The molecular formula is C21H23NO2. The minimum atomic E-state index is 0.181. The van der Waals surface area contributed by atoms with Crippen LogP contribution in [-0.4, -0.2) is 17.0 Å². The number of Topliss-reactive ketones (excluding diaryl/α,β-unsaturated/α-hetero) is 1. The highest BCUT2D eigenvalue weighted by Crippen LogP contribution is 2.23. The van der Waals surface area contributed by atoms with E-state index in [2.05, 4.69) is 42.7 Å². The van der Waals surface area contributed by atoms with Crippen LogP contribution in [0.15, 0.2) is 48.7 Å². The molecule has 0 amide bonds. The van der Waals surface area contributed by atoms with Crippen LogP contribution in [0.5, 0.6) is 5.75 Å². The smallest absolute Gasteiger partial charge is 0.164 e. The molecule has 3 aromatic rings. The number of nitrogens with zero attached hydrogens (tertiary/aromatic N) is 1. The number of fused-ring (bicyclic) bond motifs is 1. The van der Waals surface area contributed by atoms with Crippen LogP contribution in [-0.2, 0) is 6.54 Å². The largest absolute Gasteiger partial charge is 0.491 e. The van der Waals surface area contributed by atoms with Gasteiger partial charge in [-0.3, -0.25) is 4.79 Å². The van der Waals surface area contributed by atoms with Gasteiger partial charge >= 0.3 is 0 Å². The Kier molecular flexibility index (Phi) is 4.70. The van der Waals surface area contributed by atoms with Gasteiger partial charge < -0.3 is 9.30 Å². The maximum absolute atomic E-state index is 12.2. The topological polar surface area (TPSA) is 31.2 Å². The SMILES string of the molecule is CCC(=O)c1cn(CCOc2cc(C)ccc2C)c2ccccc12. The second kappa shape index (κ2) is 6.91. The van der Waals surface area contributed by atoms with E-state index in [1.165, 1.54) is 5.56 Å². The fourth-order valence-electron chi connectivity index (χ4n) is 2.96. The maximum Gasteiger partial charge on any atom is 0.164 e. The summed E-state index contributed by atoms with van der Waals surface area (Å²) in [6.45, 7) is 7.30. The van der Waals surface area contributed by atoms with E-state index in [1.54, 1.807) is 0 Å². The van der Waals surface area contributed by atoms with Gasteiger partial charge in [-0.25, -0.2) is 0 Å². The zero-order valence-corrected chi connectivity index (χ0v) is 14.5. The summed E-state index contributed by atoms with van der Waals surface area (Å²) >= 11 is 0. The number of hydrogen-bond donors (Lipinski definition) is 0. The predicted octanol–water partition coefficient (Wildman–Crippen LogP) is 4.93. The number of benzene rings is 2. The fourth-order valence-corrected chi connectivity index (χ4v) is 2.96. The normalized spacial score (nSPS) is 11.0. The summed E-state index contributed by atoms with van der Waals surface area (Å²) in [6.07, 6.45) is 2.48. The minimum Gasteiger partial charge on any atom is -0.491 e. The van der Waals surface area contributed by atoms with E-state index in [0.717, 1.165) is 27.8 Å². The number of rotatable bonds is 6. The molecule has 24 heavy (non-hydrogen) atoms. The van der Waals surface area contributed by atoms with Gasteiger partial charge in [0.25, 0.3) is 0 Å². The van der Waals surface area contributed by atoms with Crippen molar-refractivity contribution in [3.8, 4) is 5.75 Å². The molecule has 3 heteroatoms. The van der Waals surface area contributed by atoms with Gasteiger partial charge in [0.15, 0.2) is 5.78 Å². The first-order valence-corrected chi connectivity index (χ1v) is 8.41. The van der Waals surface area contributed by atoms with Crippen LogP contribution in [0.25, 0.3) is 10.9 Å². The molecule has 1 heterocycles. The molecule has 0 bridgehead atoms. The average Bonchev–Trinajstić information content (AvgIpc) is 2.96. The summed E-state index contributed by atoms with van der Waals surface area (Å²) in [7, 11) is 0. The van der Waals surface area contributed by atoms with E-state index in [1.807, 2.05) is 31.3 Å². The van der Waals surface area contributed by atoms with E-state index in [0.29, 0.717) is 19.6 Å². The van der Waals surface area contributed by atoms with Crippen LogP contribution in [0.4, 0.5) is 0 Å². The molecule has 0 radical (unpaired) electrons. The van der Waals surface area contributed by atoms with Crippen LogP contribution < -0.4 is 4.74 Å². The van der Waals surface area contributed by atoms with E-state index in [9.17, 15) is 4.79 Å². The average molecular weight is 321 g/mol. The van der Waals surface area contributed by atoms with Crippen LogP contribution in [0, 0.1) is 13.8 Å². The molecule has 3 nitrogen and oxygen atoms in total. The predicted molar refractivity (Wildman–Crippen MR) is 98.0 cm³/mol. The Bertz CT molecular complexity index is 877. The summed E-state index contributed by atoms with van der Waals surface area (Å²) in [5.74, 6) is 1.11. The Labute approximate surface area is 142 Å². The standard InChI is InChI=1S/C21H23NO2/c1-4-20(23)18-14-22(19-8-6-5-7-17(18)19)11-12-24-21-13-15(2)9-10-16(21)3/h5-10,13-14H,4,11-12H2,1-3H3. The van der Waals surface area contributed by atoms with Crippen molar-refractivity contribution in [3.63, 3.8) is 0 Å². The molecule has 124 valence electrons. The maximum atomic E-state index is 12.2. The molecule has 0 aliphatic rings. The lowest BCUT2D eigenvalue weighted by Gasteiger charge is -2.11. The highest BCUT2D eigenvalue weighted by atomic mass is 16.5. The van der Waals surface area contributed by atoms with Gasteiger partial charge in [0.1, 0.15) is 12.4 Å². The lowest BCUT2D eigenvalue weighted by Crippen LogP contribution is -2.08. The van der Waals surface area contributed by atoms with Crippen molar-refractivity contribution < 1.29 is 9.53 Å². The van der Waals surface area contributed by atoms with Gasteiger partial charge in [-0.1, -0.05) is 37.3 Å². The van der Waals surface area contributed by atoms with Crippen LogP contribution >= 0.6 is 0 Å². The van der Waals surface area contributed by atoms with Gasteiger partial charge in [0.05, 0.1) is 6.54 Å². The summed E-state index contributed by atoms with van der Waals surface area (Å²) in [5, 5.41) is 1.02. The van der Waals surface area contributed by atoms with Crippen molar-refractivity contribution in [1.82, 2.24) is 4.57 Å². The molecule has 0 fully saturated rings. The van der Waals surface area contributed by atoms with Crippen molar-refractivity contribution in [2.45, 2.75) is 33.7 Å². The molecule has 0 saturated heterocycles. The molecule has 0 aliphatic carbocycles. The highest BCUT2D eigenvalue weighted by molar-refractivity contribution is 6.07. The van der Waals surface area contributed by atoms with Crippen molar-refractivity contribution >= 4 is 16.7 Å². The number of hydrogen-bond acceptors (Lipinski definition) is 2. The molecule has 0 N–H and O–H groups in total. The zero-order chi connectivity index (χ0) is 17.1. The van der Waals surface area contributed by atoms with Gasteiger partial charge in [0, 0.05) is 29.1 Å². The number of ketones is 1. The summed E-state index contributed by atoms with van der Waals surface area (Å²) < 4.78 is 8.08. The molecule has 0 unspecified atom stereocenters. The van der Waals surface area contributed by atoms with E-state index >= 15 is 0 Å². The molecule has 0 aliphatic heterocycles. The molecule has 1 aromatic heterocycles. The summed E-state index contributed by atoms with van der Waals surface area (Å²) in [6, 6.07) is 14.3. The first-order valence-electron chi connectivity index (χ1n) is 8.41. The van der Waals surface area contributed by atoms with Crippen LogP contribution in [0.2, 0.25) is 0 Å². The number of para-hydroxylation sites is 1. The lowest BCUT2D eigenvalue weighted by molar-refractivity contribution is 0.0989. The van der Waals surface area contributed by atoms with Crippen LogP contribution in [0.3, 0.4) is 0 Å². The summed E-state index contributed by atoms with van der Waals surface area (Å²) in [5.41, 5.74) is 4.22. The van der Waals surface area contributed by atoms with Crippen molar-refractivity contribution in [2.75, 3.05) is 6.61 Å². The Morgan fingerprint density at radius 2 is 1.92 bits per heavy atom. The molecule has 0 atom stereocenters. The number of ether oxygens (including phenoxy) is 1. The fraction of sp³-hybridized carbons (Fsp3) is 0.286. The monoisotopic (exact) mass is 321 g/mol. The number of aryl methyl sites for hydroxylation is 2. The van der Waals surface area contributed by atoms with Gasteiger partial charge in [-0.15, -0.1) is 0 Å². The molecule has 3 rings (SSSR count). The first kappa shape index (κ1) is 16.3. The minimum absolute atomic E-state index is 0.181. The van der Waals surface area contributed by atoms with E-state index in [4.69, 9.17) is 4.74 Å². The Morgan fingerprint density at radius 1 is 1.12 bits per heavy atom. The number of carbonyl (C=O) groups excluding carboxylic acids is 1. The Balaban J connectivity index is 1.80. The number of carbonyl (C=O) groups is 1. The van der Waals surface area contributed by atoms with E-state index < -0.39 is 0 Å². The first-order chi connectivity index (χ1) is 11.6. The third kappa shape index (κ3) is 3.21.